The van der Waals surface area contributed by atoms with E-state index in [1.165, 1.54) is 11.8 Å². The maximum atomic E-state index is 13.0. The Morgan fingerprint density at radius 3 is 2.38 bits per heavy atom. The molecule has 1 heterocycles. The Morgan fingerprint density at radius 1 is 1.06 bits per heavy atom. The predicted octanol–water partition coefficient (Wildman–Crippen LogP) is 4.42. The molecule has 0 spiro atoms. The van der Waals surface area contributed by atoms with Crippen LogP contribution in [0.15, 0.2) is 64.6 Å². The van der Waals surface area contributed by atoms with E-state index in [0.29, 0.717) is 17.4 Å². The van der Waals surface area contributed by atoms with Crippen molar-refractivity contribution in [1.82, 2.24) is 14.8 Å². The van der Waals surface area contributed by atoms with Crippen LogP contribution in [-0.4, -0.2) is 34.3 Å². The summed E-state index contributed by atoms with van der Waals surface area (Å²) in [5, 5.41) is 11.4. The molecule has 0 bridgehead atoms. The standard InChI is InChI=1S/C23H28N4O3S2/c1-5-20(22(28)24-19-14-10-9-13-18(19)16(2)3)31-23-26-25-21(27(23)4)15-32(29,30)17-11-7-6-8-12-17/h6-14,16,20H,5,15H2,1-4H3,(H,24,28). The first-order valence-corrected chi connectivity index (χ1v) is 13.0. The zero-order chi connectivity index (χ0) is 23.3. The number of rotatable bonds is 9. The van der Waals surface area contributed by atoms with Crippen molar-refractivity contribution in [3.8, 4) is 0 Å². The number of carbonyl (C=O) groups is 1. The van der Waals surface area contributed by atoms with Crippen LogP contribution in [0, 0.1) is 0 Å². The topological polar surface area (TPSA) is 93.9 Å². The summed E-state index contributed by atoms with van der Waals surface area (Å²) in [5.41, 5.74) is 1.88. The molecule has 3 aromatic rings. The van der Waals surface area contributed by atoms with Crippen LogP contribution < -0.4 is 5.32 Å². The molecule has 2 aromatic carbocycles. The van der Waals surface area contributed by atoms with Gasteiger partial charge in [-0.05, 0) is 36.1 Å². The van der Waals surface area contributed by atoms with E-state index < -0.39 is 15.1 Å². The third kappa shape index (κ3) is 5.58. The van der Waals surface area contributed by atoms with Crippen molar-refractivity contribution in [2.75, 3.05) is 5.32 Å². The van der Waals surface area contributed by atoms with Crippen molar-refractivity contribution in [1.29, 1.82) is 0 Å². The van der Waals surface area contributed by atoms with Crippen LogP contribution in [0.3, 0.4) is 0 Å². The highest BCUT2D eigenvalue weighted by Gasteiger charge is 2.24. The number of nitrogens with zero attached hydrogens (tertiary/aromatic N) is 3. The van der Waals surface area contributed by atoms with Crippen LogP contribution in [0.2, 0.25) is 0 Å². The Bertz CT molecular complexity index is 1170. The normalized spacial score (nSPS) is 12.7. The molecule has 0 aliphatic heterocycles. The molecule has 32 heavy (non-hydrogen) atoms. The Balaban J connectivity index is 1.74. The number of para-hydroxylation sites is 1. The molecule has 0 radical (unpaired) electrons. The number of aromatic nitrogens is 3. The van der Waals surface area contributed by atoms with Gasteiger partial charge in [-0.25, -0.2) is 8.42 Å². The number of nitrogens with one attached hydrogen (secondary N) is 1. The molecule has 0 fully saturated rings. The summed E-state index contributed by atoms with van der Waals surface area (Å²) in [6.45, 7) is 6.10. The molecule has 0 saturated heterocycles. The van der Waals surface area contributed by atoms with Gasteiger partial charge in [-0.15, -0.1) is 10.2 Å². The van der Waals surface area contributed by atoms with Gasteiger partial charge in [-0.2, -0.15) is 0 Å². The Morgan fingerprint density at radius 2 is 1.72 bits per heavy atom. The van der Waals surface area contributed by atoms with Crippen molar-refractivity contribution in [3.05, 3.63) is 66.0 Å². The fourth-order valence-corrected chi connectivity index (χ4v) is 5.50. The number of hydrogen-bond acceptors (Lipinski definition) is 6. The minimum absolute atomic E-state index is 0.118. The van der Waals surface area contributed by atoms with E-state index in [4.69, 9.17) is 0 Å². The Kier molecular flexibility index (Phi) is 7.73. The van der Waals surface area contributed by atoms with Gasteiger partial charge in [0.05, 0.1) is 10.1 Å². The van der Waals surface area contributed by atoms with Gasteiger partial charge in [0.25, 0.3) is 0 Å². The molecular formula is C23H28N4O3S2. The minimum Gasteiger partial charge on any atom is -0.325 e. The largest absolute Gasteiger partial charge is 0.325 e. The second kappa shape index (κ2) is 10.3. The van der Waals surface area contributed by atoms with Crippen molar-refractivity contribution in [3.63, 3.8) is 0 Å². The van der Waals surface area contributed by atoms with E-state index in [-0.39, 0.29) is 22.5 Å². The van der Waals surface area contributed by atoms with Gasteiger partial charge in [0, 0.05) is 12.7 Å². The van der Waals surface area contributed by atoms with E-state index in [9.17, 15) is 13.2 Å². The summed E-state index contributed by atoms with van der Waals surface area (Å²) in [7, 11) is -1.82. The number of benzene rings is 2. The third-order valence-electron chi connectivity index (χ3n) is 5.10. The highest BCUT2D eigenvalue weighted by molar-refractivity contribution is 8.00. The lowest BCUT2D eigenvalue weighted by Gasteiger charge is -2.17. The zero-order valence-electron chi connectivity index (χ0n) is 18.6. The lowest BCUT2D eigenvalue weighted by atomic mass is 10.0. The van der Waals surface area contributed by atoms with E-state index in [1.807, 2.05) is 31.2 Å². The molecule has 1 atom stereocenters. The third-order valence-corrected chi connectivity index (χ3v) is 8.12. The average molecular weight is 473 g/mol. The van der Waals surface area contributed by atoms with Crippen LogP contribution in [0.5, 0.6) is 0 Å². The number of thioether (sulfide) groups is 1. The minimum atomic E-state index is -3.54. The van der Waals surface area contributed by atoms with Crippen LogP contribution in [0.4, 0.5) is 5.69 Å². The van der Waals surface area contributed by atoms with Gasteiger partial charge in [-0.3, -0.25) is 4.79 Å². The van der Waals surface area contributed by atoms with E-state index in [0.717, 1.165) is 11.3 Å². The van der Waals surface area contributed by atoms with Crippen molar-refractivity contribution in [2.45, 2.75) is 54.2 Å². The average Bonchev–Trinajstić information content (AvgIpc) is 3.11. The number of sulfone groups is 1. The molecule has 0 aliphatic carbocycles. The molecule has 0 saturated carbocycles. The van der Waals surface area contributed by atoms with Gasteiger partial charge >= 0.3 is 0 Å². The number of carbonyl (C=O) groups excluding carboxylic acids is 1. The van der Waals surface area contributed by atoms with Crippen LogP contribution in [-0.2, 0) is 27.4 Å². The number of amides is 1. The monoisotopic (exact) mass is 472 g/mol. The summed E-state index contributed by atoms with van der Waals surface area (Å²) < 4.78 is 27.0. The van der Waals surface area contributed by atoms with E-state index in [1.54, 1.807) is 41.9 Å². The first-order chi connectivity index (χ1) is 15.2. The molecule has 1 unspecified atom stereocenters. The summed E-state index contributed by atoms with van der Waals surface area (Å²) in [4.78, 5) is 13.2. The highest BCUT2D eigenvalue weighted by atomic mass is 32.2. The predicted molar refractivity (Wildman–Crippen MR) is 127 cm³/mol. The molecule has 9 heteroatoms. The molecule has 170 valence electrons. The number of anilines is 1. The second-order valence-corrected chi connectivity index (χ2v) is 10.9. The van der Waals surface area contributed by atoms with Gasteiger partial charge in [0.2, 0.25) is 5.91 Å². The maximum absolute atomic E-state index is 13.0. The molecule has 7 nitrogen and oxygen atoms in total. The first kappa shape index (κ1) is 24.0. The zero-order valence-corrected chi connectivity index (χ0v) is 20.3. The summed E-state index contributed by atoms with van der Waals surface area (Å²) >= 11 is 1.28. The smallest absolute Gasteiger partial charge is 0.237 e. The maximum Gasteiger partial charge on any atom is 0.237 e. The fraction of sp³-hybridized carbons (Fsp3) is 0.348. The van der Waals surface area contributed by atoms with E-state index >= 15 is 0 Å². The summed E-state index contributed by atoms with van der Waals surface area (Å²) in [6, 6.07) is 16.0. The van der Waals surface area contributed by atoms with Gasteiger partial charge in [0.15, 0.2) is 15.0 Å². The fourth-order valence-electron chi connectivity index (χ4n) is 3.23. The SMILES string of the molecule is CCC(Sc1nnc(CS(=O)(=O)c2ccccc2)n1C)C(=O)Nc1ccccc1C(C)C. The molecular weight excluding hydrogens is 444 g/mol. The van der Waals surface area contributed by atoms with Crippen molar-refractivity contribution < 1.29 is 13.2 Å². The summed E-state index contributed by atoms with van der Waals surface area (Å²) in [5.74, 6) is 0.238. The van der Waals surface area contributed by atoms with Crippen LogP contribution >= 0.6 is 11.8 Å². The molecule has 1 N–H and O–H groups in total. The van der Waals surface area contributed by atoms with Gasteiger partial charge < -0.3 is 9.88 Å². The first-order valence-electron chi connectivity index (χ1n) is 10.5. The molecule has 1 amide bonds. The van der Waals surface area contributed by atoms with Crippen LogP contribution in [0.1, 0.15) is 44.5 Å². The van der Waals surface area contributed by atoms with Crippen molar-refractivity contribution in [2.24, 2.45) is 7.05 Å². The quantitative estimate of drug-likeness (QED) is 0.463. The number of hydrogen-bond donors (Lipinski definition) is 1. The molecule has 1 aromatic heterocycles. The summed E-state index contributed by atoms with van der Waals surface area (Å²) in [6.07, 6.45) is 0.588. The van der Waals surface area contributed by atoms with E-state index in [2.05, 4.69) is 29.4 Å². The lowest BCUT2D eigenvalue weighted by Crippen LogP contribution is -2.25. The lowest BCUT2D eigenvalue weighted by molar-refractivity contribution is -0.115. The van der Waals surface area contributed by atoms with Crippen molar-refractivity contribution >= 4 is 33.2 Å². The van der Waals surface area contributed by atoms with Gasteiger partial charge in [0.1, 0.15) is 11.6 Å². The highest BCUT2D eigenvalue weighted by Crippen LogP contribution is 2.28. The molecule has 0 aliphatic rings. The Labute approximate surface area is 193 Å². The second-order valence-electron chi connectivity index (χ2n) is 7.78. The molecule has 3 rings (SSSR count). The van der Waals surface area contributed by atoms with Crippen LogP contribution in [0.25, 0.3) is 0 Å². The van der Waals surface area contributed by atoms with Gasteiger partial charge in [-0.1, -0.05) is 68.9 Å². The Hall–Kier alpha value is -2.65.